The molecule has 0 radical (unpaired) electrons. The van der Waals surface area contributed by atoms with Crippen LogP contribution < -0.4 is 5.73 Å². The Balaban J connectivity index is 2.07. The summed E-state index contributed by atoms with van der Waals surface area (Å²) < 4.78 is 3.20. The van der Waals surface area contributed by atoms with Gasteiger partial charge in [0.25, 0.3) is 0 Å². The van der Waals surface area contributed by atoms with Gasteiger partial charge in [0.1, 0.15) is 0 Å². The van der Waals surface area contributed by atoms with Crippen molar-refractivity contribution >= 4 is 32.4 Å². The molecule has 4 rings (SSSR count). The Hall–Kier alpha value is -2.66. The van der Waals surface area contributed by atoms with Gasteiger partial charge < -0.3 is 5.73 Å². The van der Waals surface area contributed by atoms with E-state index in [0.717, 1.165) is 32.1 Å². The number of aromatic nitrogens is 2. The van der Waals surface area contributed by atoms with Crippen molar-refractivity contribution in [2.24, 2.45) is 5.73 Å². The third-order valence-corrected chi connectivity index (χ3v) is 4.66. The number of hydrogen-bond donors (Lipinski definition) is 1. The van der Waals surface area contributed by atoms with Gasteiger partial charge in [-0.1, -0.05) is 53.8 Å². The lowest BCUT2D eigenvalue weighted by Crippen LogP contribution is -2.15. The van der Waals surface area contributed by atoms with Crippen LogP contribution in [-0.4, -0.2) is 15.3 Å². The fourth-order valence-electron chi connectivity index (χ4n) is 2.73. The van der Waals surface area contributed by atoms with E-state index in [4.69, 9.17) is 10.7 Å². The van der Waals surface area contributed by atoms with Crippen LogP contribution in [-0.2, 0) is 11.2 Å². The second kappa shape index (κ2) is 4.96. The molecular formula is C17H13N3OS. The van der Waals surface area contributed by atoms with Gasteiger partial charge in [-0.3, -0.25) is 9.20 Å². The number of amides is 1. The largest absolute Gasteiger partial charge is 0.369 e. The molecule has 2 aromatic heterocycles. The molecule has 4 aromatic rings. The molecule has 0 fully saturated rings. The van der Waals surface area contributed by atoms with Gasteiger partial charge in [-0.2, -0.15) is 0 Å². The molecule has 5 heteroatoms. The van der Waals surface area contributed by atoms with Crippen molar-refractivity contribution in [2.45, 2.75) is 6.42 Å². The number of carbonyl (C=O) groups excluding carboxylic acids is 1. The molecule has 2 aromatic carbocycles. The lowest BCUT2D eigenvalue weighted by molar-refractivity contribution is -0.117. The second-order valence-corrected chi connectivity index (χ2v) is 6.11. The zero-order valence-corrected chi connectivity index (χ0v) is 12.5. The first-order valence-corrected chi connectivity index (χ1v) is 7.78. The Kier molecular flexibility index (Phi) is 2.94. The molecule has 1 amide bonds. The summed E-state index contributed by atoms with van der Waals surface area (Å²) in [4.78, 5) is 17.2. The van der Waals surface area contributed by atoms with Crippen molar-refractivity contribution in [2.75, 3.05) is 0 Å². The molecule has 0 saturated heterocycles. The smallest absolute Gasteiger partial charge is 0.223 e. The predicted octanol–water partition coefficient (Wildman–Crippen LogP) is 3.24. The highest BCUT2D eigenvalue weighted by Crippen LogP contribution is 2.32. The van der Waals surface area contributed by atoms with E-state index in [1.54, 1.807) is 11.3 Å². The van der Waals surface area contributed by atoms with Gasteiger partial charge in [-0.15, -0.1) is 0 Å². The minimum atomic E-state index is -0.353. The first kappa shape index (κ1) is 13.0. The number of rotatable bonds is 3. The summed E-state index contributed by atoms with van der Waals surface area (Å²) in [7, 11) is 0. The SMILES string of the molecule is NC(=O)Cc1c(-c2ccccc2)nc2sc3ccccc3n12. The Morgan fingerprint density at radius 2 is 1.82 bits per heavy atom. The topological polar surface area (TPSA) is 60.4 Å². The van der Waals surface area contributed by atoms with E-state index < -0.39 is 0 Å². The zero-order chi connectivity index (χ0) is 15.1. The Bertz CT molecular complexity index is 985. The van der Waals surface area contributed by atoms with Crippen molar-refractivity contribution in [3.8, 4) is 11.3 Å². The molecule has 0 spiro atoms. The van der Waals surface area contributed by atoms with Crippen molar-refractivity contribution in [3.05, 3.63) is 60.3 Å². The Labute approximate surface area is 130 Å². The predicted molar refractivity (Wildman–Crippen MR) is 88.9 cm³/mol. The van der Waals surface area contributed by atoms with Crippen LogP contribution in [0.4, 0.5) is 0 Å². The van der Waals surface area contributed by atoms with Gasteiger partial charge in [0.2, 0.25) is 5.91 Å². The van der Waals surface area contributed by atoms with E-state index in [9.17, 15) is 4.79 Å². The van der Waals surface area contributed by atoms with Crippen LogP contribution in [0, 0.1) is 0 Å². The van der Waals surface area contributed by atoms with E-state index in [0.29, 0.717) is 0 Å². The molecule has 0 atom stereocenters. The number of para-hydroxylation sites is 1. The standard InChI is InChI=1S/C17H13N3OS/c18-15(21)10-13-16(11-6-2-1-3-7-11)19-17-20(13)12-8-4-5-9-14(12)22-17/h1-9H,10H2,(H2,18,21). The minimum Gasteiger partial charge on any atom is -0.369 e. The van der Waals surface area contributed by atoms with Gasteiger partial charge in [0.15, 0.2) is 4.96 Å². The lowest BCUT2D eigenvalue weighted by Gasteiger charge is -2.03. The number of nitrogens with zero attached hydrogens (tertiary/aromatic N) is 2. The molecule has 0 unspecified atom stereocenters. The van der Waals surface area contributed by atoms with Crippen LogP contribution in [0.1, 0.15) is 5.69 Å². The third-order valence-electron chi connectivity index (χ3n) is 3.64. The molecule has 108 valence electrons. The first-order chi connectivity index (χ1) is 10.7. The molecule has 0 bridgehead atoms. The van der Waals surface area contributed by atoms with E-state index in [2.05, 4.69) is 6.07 Å². The van der Waals surface area contributed by atoms with Crippen LogP contribution in [0.2, 0.25) is 0 Å². The molecule has 0 aliphatic carbocycles. The quantitative estimate of drug-likeness (QED) is 0.631. The van der Waals surface area contributed by atoms with Gasteiger partial charge in [0.05, 0.1) is 28.0 Å². The van der Waals surface area contributed by atoms with E-state index in [-0.39, 0.29) is 12.3 Å². The number of nitrogens with two attached hydrogens (primary N) is 1. The van der Waals surface area contributed by atoms with E-state index in [1.165, 1.54) is 0 Å². The number of primary amides is 1. The number of thiazole rings is 1. The molecular weight excluding hydrogens is 294 g/mol. The number of fused-ring (bicyclic) bond motifs is 3. The highest BCUT2D eigenvalue weighted by molar-refractivity contribution is 7.23. The van der Waals surface area contributed by atoms with Gasteiger partial charge >= 0.3 is 0 Å². The van der Waals surface area contributed by atoms with Gasteiger partial charge in [0, 0.05) is 5.56 Å². The minimum absolute atomic E-state index is 0.173. The maximum atomic E-state index is 11.5. The fourth-order valence-corrected chi connectivity index (χ4v) is 3.77. The number of benzene rings is 2. The van der Waals surface area contributed by atoms with Gasteiger partial charge in [-0.25, -0.2) is 4.98 Å². The van der Waals surface area contributed by atoms with Crippen LogP contribution in [0.5, 0.6) is 0 Å². The van der Waals surface area contributed by atoms with Gasteiger partial charge in [-0.05, 0) is 12.1 Å². The number of hydrogen-bond acceptors (Lipinski definition) is 3. The molecule has 2 heterocycles. The summed E-state index contributed by atoms with van der Waals surface area (Å²) in [6, 6.07) is 18.0. The fraction of sp³-hybridized carbons (Fsp3) is 0.0588. The molecule has 0 aliphatic heterocycles. The molecule has 0 aliphatic rings. The van der Waals surface area contributed by atoms with Crippen molar-refractivity contribution in [1.82, 2.24) is 9.38 Å². The summed E-state index contributed by atoms with van der Waals surface area (Å²) in [5.74, 6) is -0.353. The third kappa shape index (κ3) is 1.98. The summed E-state index contributed by atoms with van der Waals surface area (Å²) in [6.07, 6.45) is 0.173. The number of imidazole rings is 1. The highest BCUT2D eigenvalue weighted by atomic mass is 32.1. The van der Waals surface area contributed by atoms with Crippen LogP contribution >= 0.6 is 11.3 Å². The van der Waals surface area contributed by atoms with Crippen LogP contribution in [0.25, 0.3) is 26.4 Å². The second-order valence-electron chi connectivity index (χ2n) is 5.10. The number of carbonyl (C=O) groups is 1. The summed E-state index contributed by atoms with van der Waals surface area (Å²) in [5.41, 5.74) is 9.20. The average Bonchev–Trinajstić information content (AvgIpc) is 3.04. The Morgan fingerprint density at radius 3 is 2.59 bits per heavy atom. The maximum absolute atomic E-state index is 11.5. The van der Waals surface area contributed by atoms with Crippen LogP contribution in [0.15, 0.2) is 54.6 Å². The van der Waals surface area contributed by atoms with Crippen molar-refractivity contribution in [1.29, 1.82) is 0 Å². The summed E-state index contributed by atoms with van der Waals surface area (Å²) in [6.45, 7) is 0. The molecule has 4 nitrogen and oxygen atoms in total. The molecule has 22 heavy (non-hydrogen) atoms. The monoisotopic (exact) mass is 307 g/mol. The molecule has 2 N–H and O–H groups in total. The average molecular weight is 307 g/mol. The van der Waals surface area contributed by atoms with E-state index >= 15 is 0 Å². The van der Waals surface area contributed by atoms with Crippen LogP contribution in [0.3, 0.4) is 0 Å². The van der Waals surface area contributed by atoms with Crippen molar-refractivity contribution < 1.29 is 4.79 Å². The summed E-state index contributed by atoms with van der Waals surface area (Å²) in [5, 5.41) is 0. The highest BCUT2D eigenvalue weighted by Gasteiger charge is 2.19. The maximum Gasteiger partial charge on any atom is 0.223 e. The lowest BCUT2D eigenvalue weighted by atomic mass is 10.1. The first-order valence-electron chi connectivity index (χ1n) is 6.96. The Morgan fingerprint density at radius 1 is 1.09 bits per heavy atom. The van der Waals surface area contributed by atoms with E-state index in [1.807, 2.05) is 52.9 Å². The zero-order valence-electron chi connectivity index (χ0n) is 11.7. The summed E-state index contributed by atoms with van der Waals surface area (Å²) >= 11 is 1.62. The van der Waals surface area contributed by atoms with Crippen molar-refractivity contribution in [3.63, 3.8) is 0 Å². The normalized spacial score (nSPS) is 11.3. The molecule has 0 saturated carbocycles.